The second-order valence-corrected chi connectivity index (χ2v) is 11.3. The van der Waals surface area contributed by atoms with E-state index in [0.29, 0.717) is 42.5 Å². The van der Waals surface area contributed by atoms with Crippen molar-refractivity contribution in [3.8, 4) is 28.4 Å². The van der Waals surface area contributed by atoms with Crippen molar-refractivity contribution in [1.29, 1.82) is 0 Å². The zero-order chi connectivity index (χ0) is 28.4. The number of aliphatic hydroxyl groups is 1. The highest BCUT2D eigenvalue weighted by molar-refractivity contribution is 5.77. The first kappa shape index (κ1) is 28.2. The molecule has 40 heavy (non-hydrogen) atoms. The molecule has 0 radical (unpaired) electrons. The first-order valence-corrected chi connectivity index (χ1v) is 14.5. The number of nitrogens with one attached hydrogen (secondary N) is 1. The van der Waals surface area contributed by atoms with Crippen molar-refractivity contribution >= 4 is 5.91 Å². The van der Waals surface area contributed by atoms with Gasteiger partial charge in [0.05, 0.1) is 17.0 Å². The lowest BCUT2D eigenvalue weighted by Gasteiger charge is -2.39. The molecule has 2 aromatic heterocycles. The Bertz CT molecular complexity index is 1320. The second kappa shape index (κ2) is 12.1. The van der Waals surface area contributed by atoms with Crippen LogP contribution in [0.3, 0.4) is 0 Å². The lowest BCUT2D eigenvalue weighted by Crippen LogP contribution is -2.46. The molecule has 4 heterocycles. The number of fused-ring (bicyclic) bond motifs is 2. The van der Waals surface area contributed by atoms with Gasteiger partial charge in [-0.1, -0.05) is 24.2 Å². The third kappa shape index (κ3) is 5.76. The summed E-state index contributed by atoms with van der Waals surface area (Å²) in [6, 6.07) is 8.38. The van der Waals surface area contributed by atoms with Crippen molar-refractivity contribution in [3.63, 3.8) is 0 Å². The van der Waals surface area contributed by atoms with Crippen LogP contribution in [-0.4, -0.2) is 69.4 Å². The second-order valence-electron chi connectivity index (χ2n) is 11.3. The molecule has 2 aliphatic heterocycles. The van der Waals surface area contributed by atoms with Crippen LogP contribution in [0.5, 0.6) is 5.75 Å². The summed E-state index contributed by atoms with van der Waals surface area (Å²) in [6.45, 7) is 8.55. The summed E-state index contributed by atoms with van der Waals surface area (Å²) in [5.41, 5.74) is 5.46. The van der Waals surface area contributed by atoms with Crippen molar-refractivity contribution in [2.24, 2.45) is 5.92 Å². The molecule has 214 valence electrons. The molecular formula is C31H41N5O4. The Balaban J connectivity index is 1.47. The maximum atomic E-state index is 12.6. The van der Waals surface area contributed by atoms with Crippen LogP contribution in [-0.2, 0) is 11.2 Å². The third-order valence-corrected chi connectivity index (χ3v) is 8.39. The predicted octanol–water partition coefficient (Wildman–Crippen LogP) is 4.41. The lowest BCUT2D eigenvalue weighted by molar-refractivity contribution is -0.136. The number of likely N-dealkylation sites (N-methyl/N-ethyl adjacent to an activating group) is 1. The summed E-state index contributed by atoms with van der Waals surface area (Å²) in [5.74, 6) is 2.75. The Morgan fingerprint density at radius 2 is 1.95 bits per heavy atom. The van der Waals surface area contributed by atoms with Crippen LogP contribution in [0, 0.1) is 26.7 Å². The summed E-state index contributed by atoms with van der Waals surface area (Å²) >= 11 is 0. The smallest absolute Gasteiger partial charge is 0.222 e. The van der Waals surface area contributed by atoms with E-state index in [4.69, 9.17) is 19.2 Å². The molecule has 2 unspecified atom stereocenters. The summed E-state index contributed by atoms with van der Waals surface area (Å²) in [4.78, 5) is 24.9. The molecule has 2 fully saturated rings. The summed E-state index contributed by atoms with van der Waals surface area (Å²) in [5, 5.41) is 17.2. The van der Waals surface area contributed by atoms with Gasteiger partial charge in [0.15, 0.2) is 5.82 Å². The van der Waals surface area contributed by atoms with Gasteiger partial charge >= 0.3 is 0 Å². The number of amides is 1. The summed E-state index contributed by atoms with van der Waals surface area (Å²) < 4.78 is 11.4. The minimum Gasteiger partial charge on any atom is -0.491 e. The standard InChI is InChI=1S/C31H41N5O4/c1-6-28(38)36-23-10-11-24(36)13-21(12-23)14-27-18(2)30(29-19(3)35-40-20(29)4)34-31(33-27)22-8-7-9-26(15-22)39-17-25(37)16-32-5/h7-9,15,21,23-25,32,37H,6,10-14,16-17H2,1-5H3/t21?,23-,24+,25?. The SMILES string of the molecule is CCC(=O)N1[C@@H]2CC[C@H]1CC(Cc1nc(-c3cccc(OCC(O)CNC)c3)nc(-c3c(C)noc3C)c1C)C2. The highest BCUT2D eigenvalue weighted by Gasteiger charge is 2.42. The van der Waals surface area contributed by atoms with E-state index in [1.165, 1.54) is 0 Å². The monoisotopic (exact) mass is 547 g/mol. The van der Waals surface area contributed by atoms with Gasteiger partial charge in [-0.3, -0.25) is 4.79 Å². The van der Waals surface area contributed by atoms with Crippen LogP contribution in [0.1, 0.15) is 61.7 Å². The Hall–Kier alpha value is -3.30. The quantitative estimate of drug-likeness (QED) is 0.384. The van der Waals surface area contributed by atoms with Gasteiger partial charge in [0, 0.05) is 36.3 Å². The molecule has 2 bridgehead atoms. The number of rotatable bonds is 10. The van der Waals surface area contributed by atoms with E-state index in [0.717, 1.165) is 71.6 Å². The fourth-order valence-electron chi connectivity index (χ4n) is 6.49. The Labute approximate surface area is 236 Å². The van der Waals surface area contributed by atoms with Crippen LogP contribution in [0.15, 0.2) is 28.8 Å². The van der Waals surface area contributed by atoms with Gasteiger partial charge in [-0.2, -0.15) is 0 Å². The Kier molecular flexibility index (Phi) is 8.51. The summed E-state index contributed by atoms with van der Waals surface area (Å²) in [7, 11) is 1.80. The van der Waals surface area contributed by atoms with E-state index in [2.05, 4.69) is 22.3 Å². The molecule has 0 saturated carbocycles. The average molecular weight is 548 g/mol. The molecule has 2 saturated heterocycles. The van der Waals surface area contributed by atoms with E-state index >= 15 is 0 Å². The number of aromatic nitrogens is 3. The van der Waals surface area contributed by atoms with Crippen molar-refractivity contribution in [2.75, 3.05) is 20.2 Å². The van der Waals surface area contributed by atoms with Crippen molar-refractivity contribution in [3.05, 3.63) is 47.0 Å². The van der Waals surface area contributed by atoms with Gasteiger partial charge in [-0.25, -0.2) is 9.97 Å². The number of hydrogen-bond acceptors (Lipinski definition) is 8. The van der Waals surface area contributed by atoms with E-state index in [1.807, 2.05) is 45.0 Å². The van der Waals surface area contributed by atoms with Crippen LogP contribution in [0.2, 0.25) is 0 Å². The molecule has 2 N–H and O–H groups in total. The number of hydrogen-bond donors (Lipinski definition) is 2. The zero-order valence-electron chi connectivity index (χ0n) is 24.2. The molecular weight excluding hydrogens is 506 g/mol. The normalized spacial score (nSPS) is 21.1. The highest BCUT2D eigenvalue weighted by atomic mass is 16.5. The number of ether oxygens (including phenoxy) is 1. The highest BCUT2D eigenvalue weighted by Crippen LogP contribution is 2.41. The average Bonchev–Trinajstić information content (AvgIpc) is 3.42. The number of nitrogens with zero attached hydrogens (tertiary/aromatic N) is 4. The van der Waals surface area contributed by atoms with E-state index in [9.17, 15) is 9.90 Å². The maximum Gasteiger partial charge on any atom is 0.222 e. The molecule has 9 nitrogen and oxygen atoms in total. The van der Waals surface area contributed by atoms with Gasteiger partial charge in [-0.15, -0.1) is 0 Å². The molecule has 1 amide bonds. The van der Waals surface area contributed by atoms with Gasteiger partial charge in [0.2, 0.25) is 5.91 Å². The third-order valence-electron chi connectivity index (χ3n) is 8.39. The first-order valence-electron chi connectivity index (χ1n) is 14.5. The minimum absolute atomic E-state index is 0.191. The number of carbonyl (C=O) groups is 1. The number of aryl methyl sites for hydroxylation is 2. The number of piperidine rings is 1. The fraction of sp³-hybridized carbons (Fsp3) is 0.548. The lowest BCUT2D eigenvalue weighted by atomic mass is 9.85. The molecule has 5 rings (SSSR count). The van der Waals surface area contributed by atoms with Crippen LogP contribution >= 0.6 is 0 Å². The maximum absolute atomic E-state index is 12.6. The molecule has 2 aliphatic rings. The van der Waals surface area contributed by atoms with Crippen molar-refractivity contribution < 1.29 is 19.2 Å². The van der Waals surface area contributed by atoms with Crippen LogP contribution in [0.25, 0.3) is 22.6 Å². The number of carbonyl (C=O) groups excluding carboxylic acids is 1. The van der Waals surface area contributed by atoms with E-state index in [1.54, 1.807) is 7.05 Å². The predicted molar refractivity (Wildman–Crippen MR) is 153 cm³/mol. The number of benzene rings is 1. The van der Waals surface area contributed by atoms with Crippen LogP contribution in [0.4, 0.5) is 0 Å². The van der Waals surface area contributed by atoms with Crippen molar-refractivity contribution in [2.45, 2.75) is 84.4 Å². The molecule has 0 aliphatic carbocycles. The fourth-order valence-corrected chi connectivity index (χ4v) is 6.49. The molecule has 9 heteroatoms. The molecule has 1 aromatic carbocycles. The van der Waals surface area contributed by atoms with Crippen molar-refractivity contribution in [1.82, 2.24) is 25.3 Å². The molecule has 0 spiro atoms. The minimum atomic E-state index is -0.601. The zero-order valence-corrected chi connectivity index (χ0v) is 24.2. The van der Waals surface area contributed by atoms with E-state index < -0.39 is 6.10 Å². The first-order chi connectivity index (χ1) is 19.3. The largest absolute Gasteiger partial charge is 0.491 e. The Morgan fingerprint density at radius 1 is 1.20 bits per heavy atom. The number of aliphatic hydroxyl groups excluding tert-OH is 1. The van der Waals surface area contributed by atoms with Crippen LogP contribution < -0.4 is 10.1 Å². The van der Waals surface area contributed by atoms with E-state index in [-0.39, 0.29) is 12.5 Å². The van der Waals surface area contributed by atoms with Gasteiger partial charge in [0.1, 0.15) is 24.2 Å². The topological polar surface area (TPSA) is 114 Å². The molecule has 4 atom stereocenters. The summed E-state index contributed by atoms with van der Waals surface area (Å²) in [6.07, 6.45) is 5.04. The Morgan fingerprint density at radius 3 is 2.60 bits per heavy atom. The van der Waals surface area contributed by atoms with Gasteiger partial charge in [-0.05, 0) is 83.5 Å². The van der Waals surface area contributed by atoms with Gasteiger partial charge in [0.25, 0.3) is 0 Å². The van der Waals surface area contributed by atoms with Gasteiger partial charge < -0.3 is 24.6 Å². The molecule has 3 aromatic rings.